The Labute approximate surface area is 140 Å². The minimum absolute atomic E-state index is 0.107. The molecule has 1 amide bonds. The molecule has 1 fully saturated rings. The van der Waals surface area contributed by atoms with Crippen molar-refractivity contribution >= 4 is 5.91 Å². The van der Waals surface area contributed by atoms with Crippen molar-refractivity contribution in [3.8, 4) is 0 Å². The minimum atomic E-state index is -0.158. The van der Waals surface area contributed by atoms with Crippen molar-refractivity contribution < 1.29 is 4.79 Å². The van der Waals surface area contributed by atoms with Gasteiger partial charge in [-0.05, 0) is 31.4 Å². The van der Waals surface area contributed by atoms with Crippen LogP contribution >= 0.6 is 0 Å². The van der Waals surface area contributed by atoms with Crippen LogP contribution in [0.3, 0.4) is 0 Å². The fourth-order valence-corrected chi connectivity index (χ4v) is 3.10. The van der Waals surface area contributed by atoms with E-state index in [2.05, 4.69) is 22.2 Å². The number of aromatic amines is 1. The molecule has 128 valence electrons. The van der Waals surface area contributed by atoms with Crippen LogP contribution in [0.25, 0.3) is 0 Å². The van der Waals surface area contributed by atoms with E-state index in [9.17, 15) is 9.59 Å². The number of carbonyl (C=O) groups is 1. The summed E-state index contributed by atoms with van der Waals surface area (Å²) in [7, 11) is 0. The molecule has 7 nitrogen and oxygen atoms in total. The summed E-state index contributed by atoms with van der Waals surface area (Å²) in [6.07, 6.45) is 5.57. The number of hydrogen-bond donors (Lipinski definition) is 1. The summed E-state index contributed by atoms with van der Waals surface area (Å²) < 4.78 is 1.40. The van der Waals surface area contributed by atoms with Crippen molar-refractivity contribution in [2.75, 3.05) is 13.1 Å². The first-order chi connectivity index (χ1) is 11.7. The van der Waals surface area contributed by atoms with E-state index in [1.54, 1.807) is 6.20 Å². The van der Waals surface area contributed by atoms with Gasteiger partial charge in [0, 0.05) is 43.5 Å². The van der Waals surface area contributed by atoms with Crippen LogP contribution in [-0.4, -0.2) is 43.9 Å². The molecule has 0 spiro atoms. The normalized spacial score (nSPS) is 17.9. The van der Waals surface area contributed by atoms with Crippen LogP contribution in [0.5, 0.6) is 0 Å². The number of unbranched alkanes of at least 4 members (excludes halogenated alkanes) is 1. The van der Waals surface area contributed by atoms with Crippen LogP contribution in [0.15, 0.2) is 29.2 Å². The van der Waals surface area contributed by atoms with Crippen LogP contribution < -0.4 is 5.56 Å². The van der Waals surface area contributed by atoms with Crippen molar-refractivity contribution in [3.05, 3.63) is 46.1 Å². The van der Waals surface area contributed by atoms with Gasteiger partial charge in [0.1, 0.15) is 5.69 Å². The predicted molar refractivity (Wildman–Crippen MR) is 89.9 cm³/mol. The third-order valence-electron chi connectivity index (χ3n) is 4.48. The molecule has 0 saturated carbocycles. The molecule has 1 N–H and O–H groups in total. The minimum Gasteiger partial charge on any atom is -0.337 e. The van der Waals surface area contributed by atoms with E-state index >= 15 is 0 Å². The number of amides is 1. The fourth-order valence-electron chi connectivity index (χ4n) is 3.10. The van der Waals surface area contributed by atoms with Crippen molar-refractivity contribution in [3.63, 3.8) is 0 Å². The zero-order chi connectivity index (χ0) is 16.9. The van der Waals surface area contributed by atoms with E-state index in [1.165, 1.54) is 16.8 Å². The molecule has 0 bridgehead atoms. The number of nitrogens with one attached hydrogen (secondary N) is 1. The lowest BCUT2D eigenvalue weighted by atomic mass is 9.95. The van der Waals surface area contributed by atoms with Gasteiger partial charge in [-0.1, -0.05) is 13.3 Å². The number of likely N-dealkylation sites (tertiary alicyclic amines) is 1. The summed E-state index contributed by atoms with van der Waals surface area (Å²) in [5, 5.41) is 11.3. The van der Waals surface area contributed by atoms with Gasteiger partial charge < -0.3 is 4.90 Å². The van der Waals surface area contributed by atoms with Gasteiger partial charge in [-0.3, -0.25) is 14.7 Å². The largest absolute Gasteiger partial charge is 0.337 e. The average Bonchev–Trinajstić information content (AvgIpc) is 3.15. The number of H-pyrrole nitrogens is 1. The molecule has 3 rings (SSSR count). The standard InChI is InChI=1S/C17H23N5O2/c1-2-3-11-22-16(23)7-6-15(20-22)17(24)21-10-4-5-13(12-21)14-8-9-18-19-14/h6-9,13H,2-5,10-12H2,1H3,(H,18,19). The maximum absolute atomic E-state index is 12.8. The Balaban J connectivity index is 1.74. The lowest BCUT2D eigenvalue weighted by molar-refractivity contribution is 0.0697. The molecule has 24 heavy (non-hydrogen) atoms. The van der Waals surface area contributed by atoms with Gasteiger partial charge in [0.25, 0.3) is 11.5 Å². The topological polar surface area (TPSA) is 83.9 Å². The Bertz CT molecular complexity index is 738. The molecule has 2 aromatic heterocycles. The highest BCUT2D eigenvalue weighted by Gasteiger charge is 2.27. The third-order valence-corrected chi connectivity index (χ3v) is 4.48. The van der Waals surface area contributed by atoms with Crippen molar-refractivity contribution in [1.29, 1.82) is 0 Å². The summed E-state index contributed by atoms with van der Waals surface area (Å²) in [5.41, 5.74) is 1.25. The van der Waals surface area contributed by atoms with Gasteiger partial charge in [-0.2, -0.15) is 10.2 Å². The van der Waals surface area contributed by atoms with Crippen molar-refractivity contribution in [2.24, 2.45) is 0 Å². The molecule has 7 heteroatoms. The Kier molecular flexibility index (Phi) is 5.08. The molecular weight excluding hydrogens is 306 g/mol. The maximum Gasteiger partial charge on any atom is 0.274 e. The quantitative estimate of drug-likeness (QED) is 0.906. The number of carbonyl (C=O) groups excluding carboxylic acids is 1. The molecule has 1 unspecified atom stereocenters. The molecule has 1 saturated heterocycles. The number of aromatic nitrogens is 4. The lowest BCUT2D eigenvalue weighted by Gasteiger charge is -2.32. The van der Waals surface area contributed by atoms with Crippen LogP contribution in [0.1, 0.15) is 54.7 Å². The van der Waals surface area contributed by atoms with E-state index < -0.39 is 0 Å². The maximum atomic E-state index is 12.8. The first kappa shape index (κ1) is 16.4. The van der Waals surface area contributed by atoms with Gasteiger partial charge in [-0.15, -0.1) is 0 Å². The Morgan fingerprint density at radius 1 is 1.38 bits per heavy atom. The van der Waals surface area contributed by atoms with Gasteiger partial charge >= 0.3 is 0 Å². The first-order valence-electron chi connectivity index (χ1n) is 8.55. The highest BCUT2D eigenvalue weighted by Crippen LogP contribution is 2.25. The first-order valence-corrected chi connectivity index (χ1v) is 8.55. The van der Waals surface area contributed by atoms with Crippen LogP contribution in [-0.2, 0) is 6.54 Å². The van der Waals surface area contributed by atoms with Crippen molar-refractivity contribution in [1.82, 2.24) is 24.9 Å². The molecular formula is C17H23N5O2. The zero-order valence-electron chi connectivity index (χ0n) is 13.9. The number of rotatable bonds is 5. The summed E-state index contributed by atoms with van der Waals surface area (Å²) in [5.74, 6) is 0.167. The second kappa shape index (κ2) is 7.42. The van der Waals surface area contributed by atoms with E-state index in [1.807, 2.05) is 11.0 Å². The molecule has 3 heterocycles. The average molecular weight is 329 g/mol. The summed E-state index contributed by atoms with van der Waals surface area (Å²) in [6, 6.07) is 4.93. The molecule has 1 atom stereocenters. The summed E-state index contributed by atoms with van der Waals surface area (Å²) in [6.45, 7) is 3.98. The molecule has 0 aliphatic carbocycles. The van der Waals surface area contributed by atoms with E-state index in [0.29, 0.717) is 18.8 Å². The zero-order valence-corrected chi connectivity index (χ0v) is 13.9. The molecule has 0 aromatic carbocycles. The molecule has 1 aliphatic rings. The van der Waals surface area contributed by atoms with E-state index in [0.717, 1.165) is 37.9 Å². The van der Waals surface area contributed by atoms with Gasteiger partial charge in [-0.25, -0.2) is 4.68 Å². The highest BCUT2D eigenvalue weighted by molar-refractivity contribution is 5.92. The summed E-state index contributed by atoms with van der Waals surface area (Å²) in [4.78, 5) is 26.4. The second-order valence-corrected chi connectivity index (χ2v) is 6.24. The number of hydrogen-bond acceptors (Lipinski definition) is 4. The predicted octanol–water partition coefficient (Wildman–Crippen LogP) is 1.79. The molecule has 1 aliphatic heterocycles. The van der Waals surface area contributed by atoms with Gasteiger partial charge in [0.2, 0.25) is 0 Å². The number of piperidine rings is 1. The number of nitrogens with zero attached hydrogens (tertiary/aromatic N) is 4. The second-order valence-electron chi connectivity index (χ2n) is 6.24. The SMILES string of the molecule is CCCCn1nc(C(=O)N2CCCC(c3ccn[nH]3)C2)ccc1=O. The smallest absolute Gasteiger partial charge is 0.274 e. The Morgan fingerprint density at radius 3 is 3.00 bits per heavy atom. The molecule has 0 radical (unpaired) electrons. The van der Waals surface area contributed by atoms with Gasteiger partial charge in [0.15, 0.2) is 0 Å². The monoisotopic (exact) mass is 329 g/mol. The van der Waals surface area contributed by atoms with Crippen molar-refractivity contribution in [2.45, 2.75) is 45.1 Å². The summed E-state index contributed by atoms with van der Waals surface area (Å²) >= 11 is 0. The fraction of sp³-hybridized carbons (Fsp3) is 0.529. The van der Waals surface area contributed by atoms with Gasteiger partial charge in [0.05, 0.1) is 0 Å². The lowest BCUT2D eigenvalue weighted by Crippen LogP contribution is -2.40. The van der Waals surface area contributed by atoms with E-state index in [-0.39, 0.29) is 17.4 Å². The molecule has 2 aromatic rings. The van der Waals surface area contributed by atoms with Crippen LogP contribution in [0, 0.1) is 0 Å². The van der Waals surface area contributed by atoms with E-state index in [4.69, 9.17) is 0 Å². The van der Waals surface area contributed by atoms with Crippen LogP contribution in [0.2, 0.25) is 0 Å². The Hall–Kier alpha value is -2.44. The third kappa shape index (κ3) is 3.55. The Morgan fingerprint density at radius 2 is 2.25 bits per heavy atom. The number of aryl methyl sites for hydroxylation is 1. The highest BCUT2D eigenvalue weighted by atomic mass is 16.2. The van der Waals surface area contributed by atoms with Crippen LogP contribution in [0.4, 0.5) is 0 Å².